The molecule has 0 heterocycles. The van der Waals surface area contributed by atoms with Gasteiger partial charge in [-0.25, -0.2) is 4.39 Å². The molecule has 1 N–H and O–H groups in total. The normalized spacial score (nSPS) is 25.4. The molecule has 1 fully saturated rings. The van der Waals surface area contributed by atoms with Crippen LogP contribution in [0.3, 0.4) is 0 Å². The molecule has 0 saturated heterocycles. The molecule has 2 atom stereocenters. The van der Waals surface area contributed by atoms with Crippen molar-refractivity contribution in [1.82, 2.24) is 5.32 Å². The molecule has 0 bridgehead atoms. The van der Waals surface area contributed by atoms with E-state index in [1.807, 2.05) is 12.1 Å². The fourth-order valence-electron chi connectivity index (χ4n) is 3.00. The molecule has 18 heavy (non-hydrogen) atoms. The van der Waals surface area contributed by atoms with Gasteiger partial charge in [0.15, 0.2) is 0 Å². The minimum absolute atomic E-state index is 0.0538. The largest absolute Gasteiger partial charge is 0.316 e. The molecule has 1 aromatic carbocycles. The molecule has 2 rings (SSSR count). The fraction of sp³-hybridized carbons (Fsp3) is 0.625. The second-order valence-electron chi connectivity index (χ2n) is 6.48. The molecule has 0 aliphatic heterocycles. The molecule has 2 unspecified atom stereocenters. The topological polar surface area (TPSA) is 12.0 Å². The predicted molar refractivity (Wildman–Crippen MR) is 74.1 cm³/mol. The van der Waals surface area contributed by atoms with Crippen molar-refractivity contribution in [1.29, 1.82) is 0 Å². The second kappa shape index (κ2) is 5.00. The van der Waals surface area contributed by atoms with Crippen LogP contribution in [0.2, 0.25) is 0 Å². The Morgan fingerprint density at radius 2 is 1.94 bits per heavy atom. The Labute approximate surface area is 110 Å². The maximum Gasteiger partial charge on any atom is 0.126 e. The van der Waals surface area contributed by atoms with Crippen LogP contribution in [0.1, 0.15) is 39.2 Å². The summed E-state index contributed by atoms with van der Waals surface area (Å²) in [5.74, 6) is 1.52. The Morgan fingerprint density at radius 3 is 2.56 bits per heavy atom. The summed E-state index contributed by atoms with van der Waals surface area (Å²) < 4.78 is 13.8. The fourth-order valence-corrected chi connectivity index (χ4v) is 3.00. The average Bonchev–Trinajstić information content (AvgIpc) is 2.81. The highest BCUT2D eigenvalue weighted by Gasteiger charge is 2.58. The third-order valence-corrected chi connectivity index (χ3v) is 4.21. The van der Waals surface area contributed by atoms with Gasteiger partial charge in [-0.15, -0.1) is 0 Å². The van der Waals surface area contributed by atoms with E-state index in [1.165, 1.54) is 0 Å². The van der Waals surface area contributed by atoms with E-state index in [0.717, 1.165) is 18.7 Å². The SMILES string of the molecule is CC(C)CNCC1C(c2ccccc2F)C1(C)C. The maximum absolute atomic E-state index is 13.8. The van der Waals surface area contributed by atoms with Crippen molar-refractivity contribution in [2.75, 3.05) is 13.1 Å². The van der Waals surface area contributed by atoms with Gasteiger partial charge < -0.3 is 5.32 Å². The zero-order valence-corrected chi connectivity index (χ0v) is 11.8. The van der Waals surface area contributed by atoms with Gasteiger partial charge >= 0.3 is 0 Å². The van der Waals surface area contributed by atoms with E-state index >= 15 is 0 Å². The zero-order chi connectivity index (χ0) is 13.3. The zero-order valence-electron chi connectivity index (χ0n) is 11.8. The van der Waals surface area contributed by atoms with Gasteiger partial charge in [-0.05, 0) is 47.9 Å². The lowest BCUT2D eigenvalue weighted by atomic mass is 10.0. The highest BCUT2D eigenvalue weighted by Crippen LogP contribution is 2.64. The van der Waals surface area contributed by atoms with Crippen LogP contribution in [0.15, 0.2) is 24.3 Å². The maximum atomic E-state index is 13.8. The van der Waals surface area contributed by atoms with Gasteiger partial charge in [-0.3, -0.25) is 0 Å². The molecule has 0 radical (unpaired) electrons. The van der Waals surface area contributed by atoms with Crippen molar-refractivity contribution in [2.24, 2.45) is 17.3 Å². The van der Waals surface area contributed by atoms with Gasteiger partial charge in [0, 0.05) is 0 Å². The van der Waals surface area contributed by atoms with E-state index in [0.29, 0.717) is 17.8 Å². The Hall–Kier alpha value is -0.890. The van der Waals surface area contributed by atoms with Crippen LogP contribution in [0.25, 0.3) is 0 Å². The number of benzene rings is 1. The van der Waals surface area contributed by atoms with Gasteiger partial charge in [-0.2, -0.15) is 0 Å². The molecule has 0 spiro atoms. The summed E-state index contributed by atoms with van der Waals surface area (Å²) in [4.78, 5) is 0. The summed E-state index contributed by atoms with van der Waals surface area (Å²) in [6, 6.07) is 7.21. The first-order valence-corrected chi connectivity index (χ1v) is 6.89. The van der Waals surface area contributed by atoms with Crippen molar-refractivity contribution in [3.8, 4) is 0 Å². The van der Waals surface area contributed by atoms with E-state index in [2.05, 4.69) is 33.0 Å². The van der Waals surface area contributed by atoms with Crippen molar-refractivity contribution >= 4 is 0 Å². The van der Waals surface area contributed by atoms with Crippen LogP contribution in [-0.4, -0.2) is 13.1 Å². The standard InChI is InChI=1S/C16H24FN/c1-11(2)9-18-10-13-15(16(13,3)4)12-7-5-6-8-14(12)17/h5-8,11,13,15,18H,9-10H2,1-4H3. The summed E-state index contributed by atoms with van der Waals surface area (Å²) in [6.07, 6.45) is 0. The van der Waals surface area contributed by atoms with Crippen molar-refractivity contribution in [3.05, 3.63) is 35.6 Å². The Kier molecular flexibility index (Phi) is 3.76. The molecule has 2 heteroatoms. The van der Waals surface area contributed by atoms with E-state index in [1.54, 1.807) is 12.1 Å². The number of nitrogens with one attached hydrogen (secondary N) is 1. The predicted octanol–water partition coefficient (Wildman–Crippen LogP) is 3.81. The molecule has 1 aliphatic carbocycles. The first-order valence-electron chi connectivity index (χ1n) is 6.89. The molecule has 1 aromatic rings. The molecule has 1 nitrogen and oxygen atoms in total. The lowest BCUT2D eigenvalue weighted by molar-refractivity contribution is 0.487. The van der Waals surface area contributed by atoms with E-state index in [9.17, 15) is 4.39 Å². The third kappa shape index (κ3) is 2.59. The van der Waals surface area contributed by atoms with E-state index in [-0.39, 0.29) is 11.2 Å². The first-order chi connectivity index (χ1) is 8.44. The Bertz CT molecular complexity index is 411. The summed E-state index contributed by atoms with van der Waals surface area (Å²) in [7, 11) is 0. The molecule has 0 aromatic heterocycles. The van der Waals surface area contributed by atoms with Crippen LogP contribution in [0, 0.1) is 23.1 Å². The Balaban J connectivity index is 2.00. The average molecular weight is 249 g/mol. The van der Waals surface area contributed by atoms with Gasteiger partial charge in [0.25, 0.3) is 0 Å². The van der Waals surface area contributed by atoms with Crippen LogP contribution >= 0.6 is 0 Å². The van der Waals surface area contributed by atoms with Gasteiger partial charge in [-0.1, -0.05) is 45.9 Å². The highest BCUT2D eigenvalue weighted by molar-refractivity contribution is 5.32. The van der Waals surface area contributed by atoms with E-state index in [4.69, 9.17) is 0 Å². The Morgan fingerprint density at radius 1 is 1.28 bits per heavy atom. The van der Waals surface area contributed by atoms with Crippen LogP contribution in [0.4, 0.5) is 4.39 Å². The molecule has 1 aliphatic rings. The van der Waals surface area contributed by atoms with Gasteiger partial charge in [0.2, 0.25) is 0 Å². The van der Waals surface area contributed by atoms with Gasteiger partial charge in [0.1, 0.15) is 5.82 Å². The smallest absolute Gasteiger partial charge is 0.126 e. The highest BCUT2D eigenvalue weighted by atomic mass is 19.1. The third-order valence-electron chi connectivity index (χ3n) is 4.21. The minimum Gasteiger partial charge on any atom is -0.316 e. The molecule has 100 valence electrons. The summed E-state index contributed by atoms with van der Waals surface area (Å²) in [6.45, 7) is 10.9. The lowest BCUT2D eigenvalue weighted by Gasteiger charge is -2.07. The number of hydrogen-bond donors (Lipinski definition) is 1. The summed E-state index contributed by atoms with van der Waals surface area (Å²) in [5, 5.41) is 3.50. The summed E-state index contributed by atoms with van der Waals surface area (Å²) >= 11 is 0. The van der Waals surface area contributed by atoms with Crippen molar-refractivity contribution < 1.29 is 4.39 Å². The van der Waals surface area contributed by atoms with Crippen LogP contribution < -0.4 is 5.32 Å². The molecular weight excluding hydrogens is 225 g/mol. The van der Waals surface area contributed by atoms with E-state index < -0.39 is 0 Å². The quantitative estimate of drug-likeness (QED) is 0.836. The first kappa shape index (κ1) is 13.5. The van der Waals surface area contributed by atoms with Crippen molar-refractivity contribution in [3.63, 3.8) is 0 Å². The molecular formula is C16H24FN. The van der Waals surface area contributed by atoms with Crippen molar-refractivity contribution in [2.45, 2.75) is 33.6 Å². The molecule has 1 saturated carbocycles. The number of rotatable bonds is 5. The lowest BCUT2D eigenvalue weighted by Crippen LogP contribution is -2.23. The van der Waals surface area contributed by atoms with Gasteiger partial charge in [0.05, 0.1) is 0 Å². The van der Waals surface area contributed by atoms with Crippen LogP contribution in [-0.2, 0) is 0 Å². The minimum atomic E-state index is -0.0538. The molecule has 0 amide bonds. The monoisotopic (exact) mass is 249 g/mol. The summed E-state index contributed by atoms with van der Waals surface area (Å²) in [5.41, 5.74) is 1.10. The van der Waals surface area contributed by atoms with Crippen LogP contribution in [0.5, 0.6) is 0 Å². The number of halogens is 1. The number of hydrogen-bond acceptors (Lipinski definition) is 1. The second-order valence-corrected chi connectivity index (χ2v) is 6.48.